The first-order valence-corrected chi connectivity index (χ1v) is 5.98. The van der Waals surface area contributed by atoms with E-state index in [1.807, 2.05) is 6.92 Å². The quantitative estimate of drug-likeness (QED) is 0.329. The van der Waals surface area contributed by atoms with E-state index in [1.54, 1.807) is 32.9 Å². The van der Waals surface area contributed by atoms with Crippen molar-refractivity contribution in [3.63, 3.8) is 0 Å². The summed E-state index contributed by atoms with van der Waals surface area (Å²) in [5.74, 6) is -0.143. The van der Waals surface area contributed by atoms with Gasteiger partial charge >= 0.3 is 0 Å². The molecule has 1 amide bonds. The van der Waals surface area contributed by atoms with Crippen LogP contribution in [0.3, 0.4) is 0 Å². The van der Waals surface area contributed by atoms with Crippen LogP contribution in [-0.2, 0) is 0 Å². The topological polar surface area (TPSA) is 101 Å². The Morgan fingerprint density at radius 2 is 2.11 bits per heavy atom. The highest BCUT2D eigenvalue weighted by Gasteiger charge is 2.24. The van der Waals surface area contributed by atoms with Crippen molar-refractivity contribution >= 4 is 11.7 Å². The molecule has 6 heteroatoms. The summed E-state index contributed by atoms with van der Waals surface area (Å²) < 4.78 is 0. The van der Waals surface area contributed by atoms with Crippen LogP contribution in [0.5, 0.6) is 0 Å². The second kappa shape index (κ2) is 5.69. The molecular weight excluding hydrogens is 244 g/mol. The molecule has 0 unspecified atom stereocenters. The number of amides is 1. The number of nitrogens with one attached hydrogen (secondary N) is 1. The van der Waals surface area contributed by atoms with Gasteiger partial charge < -0.3 is 16.3 Å². The SMILES string of the molecule is Cc1ccc(C(=O)NCC(C)(C)/C(N)=N/O)c(C)n1. The van der Waals surface area contributed by atoms with E-state index in [0.29, 0.717) is 11.3 Å². The predicted molar refractivity (Wildman–Crippen MR) is 73.2 cm³/mol. The smallest absolute Gasteiger partial charge is 0.253 e. The van der Waals surface area contributed by atoms with E-state index < -0.39 is 5.41 Å². The monoisotopic (exact) mass is 264 g/mol. The van der Waals surface area contributed by atoms with Gasteiger partial charge in [0.25, 0.3) is 5.91 Å². The summed E-state index contributed by atoms with van der Waals surface area (Å²) >= 11 is 0. The Bertz CT molecular complexity index is 509. The Morgan fingerprint density at radius 3 is 2.63 bits per heavy atom. The second-order valence-electron chi connectivity index (χ2n) is 5.14. The van der Waals surface area contributed by atoms with Gasteiger partial charge in [-0.1, -0.05) is 19.0 Å². The van der Waals surface area contributed by atoms with Crippen LogP contribution in [0.4, 0.5) is 0 Å². The van der Waals surface area contributed by atoms with Crippen LogP contribution in [0.2, 0.25) is 0 Å². The van der Waals surface area contributed by atoms with Crippen molar-refractivity contribution in [2.45, 2.75) is 27.7 Å². The van der Waals surface area contributed by atoms with E-state index in [-0.39, 0.29) is 18.3 Å². The summed E-state index contributed by atoms with van der Waals surface area (Å²) in [7, 11) is 0. The molecule has 1 aromatic rings. The van der Waals surface area contributed by atoms with Gasteiger partial charge in [-0.15, -0.1) is 0 Å². The van der Waals surface area contributed by atoms with E-state index in [2.05, 4.69) is 15.5 Å². The first kappa shape index (κ1) is 14.9. The summed E-state index contributed by atoms with van der Waals surface area (Å²) in [5.41, 5.74) is 7.02. The predicted octanol–water partition coefficient (Wildman–Crippen LogP) is 1.20. The Balaban J connectivity index is 2.76. The summed E-state index contributed by atoms with van der Waals surface area (Å²) in [6.07, 6.45) is 0. The summed E-state index contributed by atoms with van der Waals surface area (Å²) in [6.45, 7) is 7.49. The van der Waals surface area contributed by atoms with Crippen molar-refractivity contribution in [3.8, 4) is 0 Å². The number of carbonyl (C=O) groups is 1. The molecule has 4 N–H and O–H groups in total. The number of rotatable bonds is 4. The highest BCUT2D eigenvalue weighted by molar-refractivity contribution is 5.95. The van der Waals surface area contributed by atoms with E-state index in [1.165, 1.54) is 0 Å². The van der Waals surface area contributed by atoms with Crippen LogP contribution in [-0.4, -0.2) is 28.5 Å². The zero-order chi connectivity index (χ0) is 14.6. The third kappa shape index (κ3) is 3.67. The summed E-state index contributed by atoms with van der Waals surface area (Å²) in [6, 6.07) is 3.53. The van der Waals surface area contributed by atoms with Crippen molar-refractivity contribution in [1.82, 2.24) is 10.3 Å². The number of nitrogens with two attached hydrogens (primary N) is 1. The number of hydrogen-bond donors (Lipinski definition) is 3. The number of aryl methyl sites for hydroxylation is 2. The van der Waals surface area contributed by atoms with E-state index in [4.69, 9.17) is 10.9 Å². The van der Waals surface area contributed by atoms with Crippen molar-refractivity contribution in [2.75, 3.05) is 6.54 Å². The fourth-order valence-electron chi connectivity index (χ4n) is 1.55. The molecule has 6 nitrogen and oxygen atoms in total. The Morgan fingerprint density at radius 1 is 1.47 bits per heavy atom. The number of carbonyl (C=O) groups excluding carboxylic acids is 1. The van der Waals surface area contributed by atoms with Gasteiger partial charge in [-0.3, -0.25) is 9.78 Å². The van der Waals surface area contributed by atoms with Gasteiger partial charge in [-0.25, -0.2) is 0 Å². The third-order valence-electron chi connectivity index (χ3n) is 2.96. The molecule has 0 aliphatic carbocycles. The Kier molecular flexibility index (Phi) is 4.47. The van der Waals surface area contributed by atoms with Crippen LogP contribution in [0.1, 0.15) is 35.6 Å². The van der Waals surface area contributed by atoms with Gasteiger partial charge in [0.05, 0.1) is 11.3 Å². The number of oxime groups is 1. The molecule has 1 rings (SSSR count). The Labute approximate surface area is 112 Å². The molecule has 1 aromatic heterocycles. The number of pyridine rings is 1. The van der Waals surface area contributed by atoms with Crippen LogP contribution >= 0.6 is 0 Å². The molecule has 0 bridgehead atoms. The maximum absolute atomic E-state index is 12.0. The minimum Gasteiger partial charge on any atom is -0.409 e. The Hall–Kier alpha value is -2.11. The van der Waals surface area contributed by atoms with Crippen LogP contribution < -0.4 is 11.1 Å². The molecule has 0 saturated heterocycles. The highest BCUT2D eigenvalue weighted by atomic mass is 16.4. The molecule has 0 fully saturated rings. The standard InChI is InChI=1S/C13H20N4O2/c1-8-5-6-10(9(2)16-8)11(18)15-7-13(3,4)12(14)17-19/h5-6,19H,7H2,1-4H3,(H2,14,17)(H,15,18). The lowest BCUT2D eigenvalue weighted by Crippen LogP contribution is -2.42. The molecular formula is C13H20N4O2. The van der Waals surface area contributed by atoms with Crippen LogP contribution in [0, 0.1) is 19.3 Å². The number of aromatic nitrogens is 1. The van der Waals surface area contributed by atoms with Gasteiger partial charge in [0.2, 0.25) is 0 Å². The van der Waals surface area contributed by atoms with Gasteiger partial charge in [0, 0.05) is 17.7 Å². The van der Waals surface area contributed by atoms with Crippen LogP contribution in [0.25, 0.3) is 0 Å². The normalized spacial score (nSPS) is 12.3. The zero-order valence-corrected chi connectivity index (χ0v) is 11.7. The molecule has 0 aromatic carbocycles. The molecule has 0 aliphatic rings. The van der Waals surface area contributed by atoms with E-state index in [0.717, 1.165) is 5.69 Å². The minimum atomic E-state index is -0.615. The molecule has 0 spiro atoms. The summed E-state index contributed by atoms with van der Waals surface area (Å²) in [4.78, 5) is 16.3. The maximum Gasteiger partial charge on any atom is 0.253 e. The van der Waals surface area contributed by atoms with Crippen molar-refractivity contribution in [2.24, 2.45) is 16.3 Å². The lowest BCUT2D eigenvalue weighted by Gasteiger charge is -2.23. The zero-order valence-electron chi connectivity index (χ0n) is 11.7. The molecule has 19 heavy (non-hydrogen) atoms. The molecule has 104 valence electrons. The molecule has 0 aliphatic heterocycles. The lowest BCUT2D eigenvalue weighted by molar-refractivity contribution is 0.0943. The van der Waals surface area contributed by atoms with Crippen LogP contribution in [0.15, 0.2) is 17.3 Å². The van der Waals surface area contributed by atoms with Gasteiger partial charge in [-0.05, 0) is 26.0 Å². The van der Waals surface area contributed by atoms with Gasteiger partial charge in [-0.2, -0.15) is 0 Å². The second-order valence-corrected chi connectivity index (χ2v) is 5.14. The summed E-state index contributed by atoms with van der Waals surface area (Å²) in [5, 5.41) is 14.4. The molecule has 1 heterocycles. The van der Waals surface area contributed by atoms with E-state index in [9.17, 15) is 4.79 Å². The van der Waals surface area contributed by atoms with Crippen molar-refractivity contribution in [3.05, 3.63) is 29.1 Å². The third-order valence-corrected chi connectivity index (χ3v) is 2.96. The number of amidine groups is 1. The molecule has 0 saturated carbocycles. The first-order valence-electron chi connectivity index (χ1n) is 5.98. The van der Waals surface area contributed by atoms with Gasteiger partial charge in [0.15, 0.2) is 0 Å². The highest BCUT2D eigenvalue weighted by Crippen LogP contribution is 2.14. The molecule has 0 atom stereocenters. The number of hydrogen-bond acceptors (Lipinski definition) is 4. The maximum atomic E-state index is 12.0. The van der Waals surface area contributed by atoms with Crippen molar-refractivity contribution < 1.29 is 10.0 Å². The average Bonchev–Trinajstić information content (AvgIpc) is 2.35. The number of nitrogens with zero attached hydrogens (tertiary/aromatic N) is 2. The van der Waals surface area contributed by atoms with E-state index >= 15 is 0 Å². The fraction of sp³-hybridized carbons (Fsp3) is 0.462. The fourth-order valence-corrected chi connectivity index (χ4v) is 1.55. The average molecular weight is 264 g/mol. The largest absolute Gasteiger partial charge is 0.409 e. The first-order chi connectivity index (χ1) is 8.77. The van der Waals surface area contributed by atoms with Crippen molar-refractivity contribution in [1.29, 1.82) is 0 Å². The minimum absolute atomic E-state index is 0.0755. The molecule has 0 radical (unpaired) electrons. The van der Waals surface area contributed by atoms with Gasteiger partial charge in [0.1, 0.15) is 5.84 Å². The lowest BCUT2D eigenvalue weighted by atomic mass is 9.92.